The molecule has 2 aromatic carbocycles. The molecule has 0 aliphatic carbocycles. The van der Waals surface area contributed by atoms with Crippen LogP contribution in [0.5, 0.6) is 0 Å². The van der Waals surface area contributed by atoms with Gasteiger partial charge in [0, 0.05) is 5.02 Å². The first-order valence-electron chi connectivity index (χ1n) is 9.72. The molecule has 1 heterocycles. The Morgan fingerprint density at radius 3 is 2.32 bits per heavy atom. The Morgan fingerprint density at radius 2 is 1.71 bits per heavy atom. The zero-order chi connectivity index (χ0) is 22.5. The number of anilines is 1. The summed E-state index contributed by atoms with van der Waals surface area (Å²) < 4.78 is 5.14. The van der Waals surface area contributed by atoms with Crippen LogP contribution in [-0.4, -0.2) is 41.2 Å². The van der Waals surface area contributed by atoms with Crippen molar-refractivity contribution in [3.05, 3.63) is 63.6 Å². The molecule has 0 spiro atoms. The molecule has 0 unspecified atom stereocenters. The Morgan fingerprint density at radius 1 is 1.06 bits per heavy atom. The van der Waals surface area contributed by atoms with Gasteiger partial charge >= 0.3 is 5.97 Å². The number of benzene rings is 2. The van der Waals surface area contributed by atoms with E-state index in [1.807, 2.05) is 6.92 Å². The lowest BCUT2D eigenvalue weighted by molar-refractivity contribution is -0.151. The molecule has 0 saturated heterocycles. The number of esters is 1. The maximum absolute atomic E-state index is 12.8. The van der Waals surface area contributed by atoms with E-state index < -0.39 is 36.3 Å². The van der Waals surface area contributed by atoms with E-state index in [1.165, 1.54) is 12.1 Å². The molecule has 1 N–H and O–H groups in total. The van der Waals surface area contributed by atoms with Crippen LogP contribution in [0.2, 0.25) is 10.0 Å². The minimum atomic E-state index is -1.12. The number of hydrogen-bond acceptors (Lipinski definition) is 5. The van der Waals surface area contributed by atoms with E-state index in [4.69, 9.17) is 27.9 Å². The van der Waals surface area contributed by atoms with Gasteiger partial charge in [-0.15, -0.1) is 0 Å². The van der Waals surface area contributed by atoms with Gasteiger partial charge in [0.15, 0.2) is 6.61 Å². The standard InChI is InChI=1S/C22H20Cl2N2O5/c1-2-3-8-18(26-20(28)14-6-4-5-7-15(14)21(26)29)22(30)31-12-19(27)25-17-11-13(23)9-10-16(17)24/h4-7,9-11,18H,2-3,8,12H2,1H3,(H,25,27)/t18-/m0/s1. The maximum Gasteiger partial charge on any atom is 0.329 e. The van der Waals surface area contributed by atoms with Gasteiger partial charge in [-0.3, -0.25) is 19.3 Å². The lowest BCUT2D eigenvalue weighted by atomic mass is 10.1. The topological polar surface area (TPSA) is 92.8 Å². The van der Waals surface area contributed by atoms with Gasteiger partial charge in [-0.2, -0.15) is 0 Å². The van der Waals surface area contributed by atoms with Crippen LogP contribution in [0.15, 0.2) is 42.5 Å². The highest BCUT2D eigenvalue weighted by Gasteiger charge is 2.43. The number of carbonyl (C=O) groups is 4. The van der Waals surface area contributed by atoms with Crippen molar-refractivity contribution in [2.75, 3.05) is 11.9 Å². The monoisotopic (exact) mass is 462 g/mol. The predicted molar refractivity (Wildman–Crippen MR) is 116 cm³/mol. The van der Waals surface area contributed by atoms with E-state index >= 15 is 0 Å². The molecule has 3 rings (SSSR count). The molecule has 0 aromatic heterocycles. The number of nitrogens with zero attached hydrogens (tertiary/aromatic N) is 1. The largest absolute Gasteiger partial charge is 0.454 e. The summed E-state index contributed by atoms with van der Waals surface area (Å²) in [5.41, 5.74) is 0.767. The highest BCUT2D eigenvalue weighted by Crippen LogP contribution is 2.27. The summed E-state index contributed by atoms with van der Waals surface area (Å²) in [6, 6.07) is 9.83. The summed E-state index contributed by atoms with van der Waals surface area (Å²) in [6.45, 7) is 1.32. The molecule has 31 heavy (non-hydrogen) atoms. The molecule has 7 nitrogen and oxygen atoms in total. The average Bonchev–Trinajstić information content (AvgIpc) is 3.00. The van der Waals surface area contributed by atoms with Crippen LogP contribution in [0.3, 0.4) is 0 Å². The Labute approximate surface area is 189 Å². The Kier molecular flexibility index (Phi) is 7.30. The van der Waals surface area contributed by atoms with Crippen LogP contribution in [0.25, 0.3) is 0 Å². The second-order valence-corrected chi connectivity index (χ2v) is 7.81. The number of ether oxygens (including phenoxy) is 1. The maximum atomic E-state index is 12.8. The lowest BCUT2D eigenvalue weighted by Crippen LogP contribution is -2.46. The first-order chi connectivity index (χ1) is 14.8. The minimum Gasteiger partial charge on any atom is -0.454 e. The molecular weight excluding hydrogens is 443 g/mol. The molecule has 0 radical (unpaired) electrons. The summed E-state index contributed by atoms with van der Waals surface area (Å²) in [5.74, 6) is -2.55. The molecule has 0 saturated carbocycles. The summed E-state index contributed by atoms with van der Waals surface area (Å²) in [7, 11) is 0. The fourth-order valence-electron chi connectivity index (χ4n) is 3.25. The van der Waals surface area contributed by atoms with Gasteiger partial charge in [0.2, 0.25) is 0 Å². The summed E-state index contributed by atoms with van der Waals surface area (Å²) in [6.07, 6.45) is 1.58. The first kappa shape index (κ1) is 22.8. The smallest absolute Gasteiger partial charge is 0.329 e. The van der Waals surface area contributed by atoms with Crippen LogP contribution in [0.1, 0.15) is 46.9 Å². The SMILES string of the molecule is CCCC[C@@H](C(=O)OCC(=O)Nc1cc(Cl)ccc1Cl)N1C(=O)c2ccccc2C1=O. The fourth-order valence-corrected chi connectivity index (χ4v) is 3.59. The molecule has 3 amide bonds. The van der Waals surface area contributed by atoms with Gasteiger partial charge in [0.1, 0.15) is 6.04 Å². The van der Waals surface area contributed by atoms with E-state index in [0.29, 0.717) is 11.4 Å². The number of fused-ring (bicyclic) bond motifs is 1. The third-order valence-electron chi connectivity index (χ3n) is 4.79. The molecule has 162 valence electrons. The molecule has 1 atom stereocenters. The van der Waals surface area contributed by atoms with Crippen molar-refractivity contribution in [2.24, 2.45) is 0 Å². The molecule has 1 aliphatic heterocycles. The molecule has 0 fully saturated rings. The van der Waals surface area contributed by atoms with Crippen molar-refractivity contribution in [3.63, 3.8) is 0 Å². The predicted octanol–water partition coefficient (Wildman–Crippen LogP) is 4.33. The zero-order valence-electron chi connectivity index (χ0n) is 16.7. The zero-order valence-corrected chi connectivity index (χ0v) is 18.2. The van der Waals surface area contributed by atoms with Crippen LogP contribution >= 0.6 is 23.2 Å². The van der Waals surface area contributed by atoms with Crippen molar-refractivity contribution in [1.82, 2.24) is 4.90 Å². The number of imide groups is 1. The number of amides is 3. The van der Waals surface area contributed by atoms with E-state index in [-0.39, 0.29) is 28.3 Å². The van der Waals surface area contributed by atoms with Crippen molar-refractivity contribution < 1.29 is 23.9 Å². The van der Waals surface area contributed by atoms with Crippen LogP contribution in [0, 0.1) is 0 Å². The van der Waals surface area contributed by atoms with Crippen molar-refractivity contribution in [1.29, 1.82) is 0 Å². The van der Waals surface area contributed by atoms with Gasteiger partial charge in [0.05, 0.1) is 21.8 Å². The Bertz CT molecular complexity index is 1010. The summed E-state index contributed by atoms with van der Waals surface area (Å²) in [4.78, 5) is 51.4. The van der Waals surface area contributed by atoms with Gasteiger partial charge in [-0.1, -0.05) is 55.1 Å². The van der Waals surface area contributed by atoms with Crippen LogP contribution in [-0.2, 0) is 14.3 Å². The molecule has 1 aliphatic rings. The Balaban J connectivity index is 1.69. The number of unbranched alkanes of at least 4 members (excludes halogenated alkanes) is 1. The summed E-state index contributed by atoms with van der Waals surface area (Å²) >= 11 is 11.9. The van der Waals surface area contributed by atoms with Gasteiger partial charge < -0.3 is 10.1 Å². The third kappa shape index (κ3) is 5.06. The van der Waals surface area contributed by atoms with E-state index in [1.54, 1.807) is 30.3 Å². The van der Waals surface area contributed by atoms with E-state index in [2.05, 4.69) is 5.32 Å². The minimum absolute atomic E-state index is 0.239. The number of carbonyl (C=O) groups excluding carboxylic acids is 4. The highest BCUT2D eigenvalue weighted by molar-refractivity contribution is 6.35. The number of rotatable bonds is 8. The van der Waals surface area contributed by atoms with Crippen LogP contribution in [0.4, 0.5) is 5.69 Å². The normalized spacial score (nSPS) is 13.7. The number of halogens is 2. The molecule has 9 heteroatoms. The highest BCUT2D eigenvalue weighted by atomic mass is 35.5. The Hall–Kier alpha value is -2.90. The number of nitrogens with one attached hydrogen (secondary N) is 1. The summed E-state index contributed by atoms with van der Waals surface area (Å²) in [5, 5.41) is 3.16. The van der Waals surface area contributed by atoms with Gasteiger partial charge in [0.25, 0.3) is 17.7 Å². The molecule has 2 aromatic rings. The van der Waals surface area contributed by atoms with Crippen molar-refractivity contribution in [3.8, 4) is 0 Å². The van der Waals surface area contributed by atoms with Crippen LogP contribution < -0.4 is 5.32 Å². The lowest BCUT2D eigenvalue weighted by Gasteiger charge is -2.24. The van der Waals surface area contributed by atoms with Crippen molar-refractivity contribution in [2.45, 2.75) is 32.2 Å². The number of hydrogen-bond donors (Lipinski definition) is 1. The quantitative estimate of drug-likeness (QED) is 0.465. The fraction of sp³-hybridized carbons (Fsp3) is 0.273. The average molecular weight is 463 g/mol. The second-order valence-electron chi connectivity index (χ2n) is 6.96. The first-order valence-corrected chi connectivity index (χ1v) is 10.5. The molecule has 0 bridgehead atoms. The van der Waals surface area contributed by atoms with Crippen molar-refractivity contribution >= 4 is 52.6 Å². The molecular formula is C22H20Cl2N2O5. The third-order valence-corrected chi connectivity index (χ3v) is 5.35. The van der Waals surface area contributed by atoms with E-state index in [9.17, 15) is 19.2 Å². The van der Waals surface area contributed by atoms with Gasteiger partial charge in [-0.25, -0.2) is 4.79 Å². The van der Waals surface area contributed by atoms with E-state index in [0.717, 1.165) is 11.3 Å². The second kappa shape index (κ2) is 9.94. The van der Waals surface area contributed by atoms with Gasteiger partial charge in [-0.05, 0) is 36.8 Å².